The van der Waals surface area contributed by atoms with Crippen LogP contribution in [0.25, 0.3) is 0 Å². The van der Waals surface area contributed by atoms with Gasteiger partial charge < -0.3 is 4.90 Å². The second kappa shape index (κ2) is 4.51. The SMILES string of the molecule is C=CCN1C(=O)N(CC=C)C(C)(CC)C1=O. The van der Waals surface area contributed by atoms with Crippen LogP contribution in [0.15, 0.2) is 25.3 Å². The Labute approximate surface area is 96.2 Å². The van der Waals surface area contributed by atoms with Gasteiger partial charge in [-0.2, -0.15) is 0 Å². The maximum absolute atomic E-state index is 12.1. The van der Waals surface area contributed by atoms with Gasteiger partial charge in [-0.15, -0.1) is 13.2 Å². The van der Waals surface area contributed by atoms with Gasteiger partial charge >= 0.3 is 6.03 Å². The first-order valence-electron chi connectivity index (χ1n) is 5.38. The summed E-state index contributed by atoms with van der Waals surface area (Å²) < 4.78 is 0. The Balaban J connectivity index is 3.08. The van der Waals surface area contributed by atoms with Crippen molar-refractivity contribution in [2.75, 3.05) is 13.1 Å². The van der Waals surface area contributed by atoms with E-state index in [4.69, 9.17) is 0 Å². The summed E-state index contributed by atoms with van der Waals surface area (Å²) in [6.07, 6.45) is 3.79. The average Bonchev–Trinajstić information content (AvgIpc) is 2.45. The molecule has 0 aromatic heterocycles. The second-order valence-corrected chi connectivity index (χ2v) is 4.01. The van der Waals surface area contributed by atoms with Crippen LogP contribution in [0.1, 0.15) is 20.3 Å². The molecule has 88 valence electrons. The first-order valence-corrected chi connectivity index (χ1v) is 5.38. The van der Waals surface area contributed by atoms with E-state index in [0.29, 0.717) is 13.0 Å². The normalized spacial score (nSPS) is 25.1. The molecule has 0 aromatic rings. The molecule has 4 nitrogen and oxygen atoms in total. The van der Waals surface area contributed by atoms with Crippen LogP contribution < -0.4 is 0 Å². The molecule has 0 N–H and O–H groups in total. The minimum atomic E-state index is -0.742. The number of hydrogen-bond donors (Lipinski definition) is 0. The van der Waals surface area contributed by atoms with Gasteiger partial charge in [0.15, 0.2) is 0 Å². The number of carbonyl (C=O) groups is 2. The summed E-state index contributed by atoms with van der Waals surface area (Å²) >= 11 is 0. The molecule has 0 radical (unpaired) electrons. The van der Waals surface area contributed by atoms with Gasteiger partial charge in [-0.05, 0) is 13.3 Å². The molecule has 4 heteroatoms. The van der Waals surface area contributed by atoms with E-state index >= 15 is 0 Å². The van der Waals surface area contributed by atoms with E-state index in [0.717, 1.165) is 0 Å². The molecule has 1 atom stereocenters. The molecule has 3 amide bonds. The summed E-state index contributed by atoms with van der Waals surface area (Å²) in [7, 11) is 0. The highest BCUT2D eigenvalue weighted by Gasteiger charge is 2.51. The second-order valence-electron chi connectivity index (χ2n) is 4.01. The van der Waals surface area contributed by atoms with Crippen molar-refractivity contribution in [1.82, 2.24) is 9.80 Å². The number of rotatable bonds is 5. The Morgan fingerprint density at radius 3 is 2.25 bits per heavy atom. The molecular weight excluding hydrogens is 204 g/mol. The highest BCUT2D eigenvalue weighted by molar-refractivity contribution is 6.06. The lowest BCUT2D eigenvalue weighted by molar-refractivity contribution is -0.132. The zero-order valence-corrected chi connectivity index (χ0v) is 9.90. The molecule has 1 saturated heterocycles. The molecule has 1 aliphatic heterocycles. The van der Waals surface area contributed by atoms with Crippen molar-refractivity contribution in [3.8, 4) is 0 Å². The minimum absolute atomic E-state index is 0.151. The van der Waals surface area contributed by atoms with Crippen LogP contribution in [0.3, 0.4) is 0 Å². The molecule has 0 saturated carbocycles. The topological polar surface area (TPSA) is 40.6 Å². The van der Waals surface area contributed by atoms with Crippen LogP contribution in [0.4, 0.5) is 4.79 Å². The number of hydrogen-bond acceptors (Lipinski definition) is 2. The summed E-state index contributed by atoms with van der Waals surface area (Å²) in [5.74, 6) is -0.151. The molecule has 16 heavy (non-hydrogen) atoms. The molecule has 1 unspecified atom stereocenters. The van der Waals surface area contributed by atoms with E-state index in [9.17, 15) is 9.59 Å². The fraction of sp³-hybridized carbons (Fsp3) is 0.500. The van der Waals surface area contributed by atoms with Crippen molar-refractivity contribution < 1.29 is 9.59 Å². The van der Waals surface area contributed by atoms with Gasteiger partial charge in [-0.1, -0.05) is 19.1 Å². The van der Waals surface area contributed by atoms with Crippen molar-refractivity contribution in [3.05, 3.63) is 25.3 Å². The Hall–Kier alpha value is -1.58. The molecule has 1 rings (SSSR count). The largest absolute Gasteiger partial charge is 0.328 e. The number of imide groups is 1. The lowest BCUT2D eigenvalue weighted by Gasteiger charge is -2.29. The molecular formula is C12H18N2O2. The van der Waals surface area contributed by atoms with Gasteiger partial charge in [-0.3, -0.25) is 9.69 Å². The van der Waals surface area contributed by atoms with Crippen molar-refractivity contribution in [2.45, 2.75) is 25.8 Å². The van der Waals surface area contributed by atoms with E-state index in [1.54, 1.807) is 24.0 Å². The van der Waals surface area contributed by atoms with E-state index in [2.05, 4.69) is 13.2 Å². The quantitative estimate of drug-likeness (QED) is 0.525. The summed E-state index contributed by atoms with van der Waals surface area (Å²) in [5.41, 5.74) is -0.742. The number of nitrogens with zero attached hydrogens (tertiary/aromatic N) is 2. The molecule has 1 heterocycles. The van der Waals surface area contributed by atoms with Gasteiger partial charge in [0.1, 0.15) is 5.54 Å². The Morgan fingerprint density at radius 1 is 1.25 bits per heavy atom. The summed E-state index contributed by atoms with van der Waals surface area (Å²) in [6.45, 7) is 11.5. The van der Waals surface area contributed by atoms with E-state index < -0.39 is 5.54 Å². The Kier molecular flexibility index (Phi) is 3.52. The Morgan fingerprint density at radius 2 is 1.81 bits per heavy atom. The molecule has 0 aromatic carbocycles. The predicted octanol–water partition coefficient (Wildman–Crippen LogP) is 1.79. The van der Waals surface area contributed by atoms with Gasteiger partial charge in [-0.25, -0.2) is 4.79 Å². The lowest BCUT2D eigenvalue weighted by Crippen LogP contribution is -2.46. The third kappa shape index (κ3) is 1.64. The number of carbonyl (C=O) groups excluding carboxylic acids is 2. The fourth-order valence-electron chi connectivity index (χ4n) is 1.89. The zero-order valence-electron chi connectivity index (χ0n) is 9.90. The average molecular weight is 222 g/mol. The summed E-state index contributed by atoms with van der Waals surface area (Å²) in [6, 6.07) is -0.255. The maximum atomic E-state index is 12.1. The van der Waals surface area contributed by atoms with Crippen molar-refractivity contribution in [3.63, 3.8) is 0 Å². The van der Waals surface area contributed by atoms with Crippen LogP contribution >= 0.6 is 0 Å². The number of urea groups is 1. The van der Waals surface area contributed by atoms with Crippen LogP contribution in [0.2, 0.25) is 0 Å². The maximum Gasteiger partial charge on any atom is 0.328 e. The molecule has 1 fully saturated rings. The Bertz CT molecular complexity index is 338. The van der Waals surface area contributed by atoms with Crippen LogP contribution in [-0.4, -0.2) is 40.4 Å². The molecule has 0 spiro atoms. The minimum Gasteiger partial charge on any atom is -0.306 e. The molecule has 0 aliphatic carbocycles. The summed E-state index contributed by atoms with van der Waals surface area (Å²) in [4.78, 5) is 26.9. The highest BCUT2D eigenvalue weighted by Crippen LogP contribution is 2.30. The standard InChI is InChI=1S/C12H18N2O2/c1-5-8-13-10(15)12(4,7-3)14(9-6-2)11(13)16/h5-6H,1-2,7-9H2,3-4H3. The third-order valence-corrected chi connectivity index (χ3v) is 3.08. The highest BCUT2D eigenvalue weighted by atomic mass is 16.2. The van der Waals surface area contributed by atoms with Crippen LogP contribution in [-0.2, 0) is 4.79 Å². The zero-order chi connectivity index (χ0) is 12.3. The molecule has 0 bridgehead atoms. The van der Waals surface area contributed by atoms with Gasteiger partial charge in [0.2, 0.25) is 0 Å². The van der Waals surface area contributed by atoms with E-state index in [1.807, 2.05) is 6.92 Å². The smallest absolute Gasteiger partial charge is 0.306 e. The third-order valence-electron chi connectivity index (χ3n) is 3.08. The fourth-order valence-corrected chi connectivity index (χ4v) is 1.89. The van der Waals surface area contributed by atoms with Crippen LogP contribution in [0.5, 0.6) is 0 Å². The molecule has 1 aliphatic rings. The van der Waals surface area contributed by atoms with Gasteiger partial charge in [0.05, 0.1) is 0 Å². The van der Waals surface area contributed by atoms with Crippen molar-refractivity contribution >= 4 is 11.9 Å². The monoisotopic (exact) mass is 222 g/mol. The first kappa shape index (κ1) is 12.5. The van der Waals surface area contributed by atoms with E-state index in [-0.39, 0.29) is 18.5 Å². The van der Waals surface area contributed by atoms with Gasteiger partial charge in [0, 0.05) is 13.1 Å². The van der Waals surface area contributed by atoms with Gasteiger partial charge in [0.25, 0.3) is 5.91 Å². The van der Waals surface area contributed by atoms with Crippen LogP contribution in [0, 0.1) is 0 Å². The first-order chi connectivity index (χ1) is 7.52. The predicted molar refractivity (Wildman–Crippen MR) is 62.9 cm³/mol. The van der Waals surface area contributed by atoms with Crippen molar-refractivity contribution in [2.24, 2.45) is 0 Å². The lowest BCUT2D eigenvalue weighted by atomic mass is 9.97. The number of amides is 3. The van der Waals surface area contributed by atoms with E-state index in [1.165, 1.54) is 4.90 Å². The summed E-state index contributed by atoms with van der Waals surface area (Å²) in [5, 5.41) is 0. The van der Waals surface area contributed by atoms with Crippen molar-refractivity contribution in [1.29, 1.82) is 0 Å².